The third-order valence-corrected chi connectivity index (χ3v) is 5.63. The molecule has 0 radical (unpaired) electrons. The number of halogens is 1. The van der Waals surface area contributed by atoms with Gasteiger partial charge in [0.1, 0.15) is 6.04 Å². The molecule has 2 amide bonds. The molecule has 0 aliphatic carbocycles. The maximum absolute atomic E-state index is 12.6. The number of nitrogens with zero attached hydrogens (tertiary/aromatic N) is 1. The minimum Gasteiger partial charge on any atom is -0.271 e. The van der Waals surface area contributed by atoms with Crippen LogP contribution in [0.15, 0.2) is 53.4 Å². The van der Waals surface area contributed by atoms with E-state index in [-0.39, 0.29) is 21.2 Å². The predicted octanol–water partition coefficient (Wildman–Crippen LogP) is 2.01. The van der Waals surface area contributed by atoms with E-state index in [4.69, 9.17) is 11.6 Å². The number of rotatable bonds is 7. The number of carbonyl (C=O) groups excluding carboxylic acids is 2. The van der Waals surface area contributed by atoms with Gasteiger partial charge in [-0.1, -0.05) is 37.6 Å². The number of hydrazine groups is 1. The monoisotopic (exact) mass is 454 g/mol. The first-order valence-electron chi connectivity index (χ1n) is 8.64. The SMILES string of the molecule is CC(C)[C@H](NS(=O)(=O)c1cccc(Cl)c1)C(=O)NNC(=O)c1cccc([N+](=O)[O-])c1. The molecular weight excluding hydrogens is 436 g/mol. The molecule has 30 heavy (non-hydrogen) atoms. The van der Waals surface area contributed by atoms with Crippen molar-refractivity contribution in [3.05, 3.63) is 69.2 Å². The van der Waals surface area contributed by atoms with Gasteiger partial charge in [0.2, 0.25) is 10.0 Å². The first-order chi connectivity index (χ1) is 14.0. The maximum Gasteiger partial charge on any atom is 0.270 e. The number of carbonyl (C=O) groups is 2. The van der Waals surface area contributed by atoms with E-state index >= 15 is 0 Å². The fourth-order valence-corrected chi connectivity index (χ4v) is 4.04. The molecule has 0 saturated heterocycles. The lowest BCUT2D eigenvalue weighted by Crippen LogP contribution is -2.54. The molecule has 0 saturated carbocycles. The van der Waals surface area contributed by atoms with E-state index in [0.29, 0.717) is 0 Å². The molecule has 0 bridgehead atoms. The highest BCUT2D eigenvalue weighted by Crippen LogP contribution is 2.17. The lowest BCUT2D eigenvalue weighted by atomic mass is 10.1. The Balaban J connectivity index is 2.10. The van der Waals surface area contributed by atoms with E-state index in [1.54, 1.807) is 13.8 Å². The summed E-state index contributed by atoms with van der Waals surface area (Å²) >= 11 is 5.82. The summed E-state index contributed by atoms with van der Waals surface area (Å²) in [6, 6.07) is 9.24. The van der Waals surface area contributed by atoms with Gasteiger partial charge in [0.25, 0.3) is 17.5 Å². The average molecular weight is 455 g/mol. The molecule has 3 N–H and O–H groups in total. The highest BCUT2D eigenvalue weighted by Gasteiger charge is 2.29. The van der Waals surface area contributed by atoms with E-state index in [1.807, 2.05) is 0 Å². The zero-order valence-corrected chi connectivity index (χ0v) is 17.5. The van der Waals surface area contributed by atoms with Crippen molar-refractivity contribution >= 4 is 39.1 Å². The van der Waals surface area contributed by atoms with Gasteiger partial charge in [0.05, 0.1) is 9.82 Å². The molecule has 0 unspecified atom stereocenters. The number of non-ortho nitro benzene ring substituents is 1. The molecule has 2 aromatic rings. The van der Waals surface area contributed by atoms with Crippen LogP contribution in [0.5, 0.6) is 0 Å². The van der Waals surface area contributed by atoms with E-state index in [1.165, 1.54) is 42.5 Å². The van der Waals surface area contributed by atoms with E-state index in [0.717, 1.165) is 6.07 Å². The molecule has 10 nitrogen and oxygen atoms in total. The predicted molar refractivity (Wildman–Crippen MR) is 109 cm³/mol. The van der Waals surface area contributed by atoms with Crippen LogP contribution in [-0.4, -0.2) is 31.2 Å². The Kier molecular flexibility index (Phi) is 7.48. The number of amides is 2. The molecule has 0 aliphatic heterocycles. The molecular formula is C18H19ClN4O6S. The topological polar surface area (TPSA) is 148 Å². The Morgan fingerprint density at radius 2 is 1.73 bits per heavy atom. The Morgan fingerprint density at radius 3 is 2.33 bits per heavy atom. The molecule has 0 aliphatic rings. The standard InChI is InChI=1S/C18H19ClN4O6S/c1-11(2)16(22-30(28,29)15-8-4-6-13(19)10-15)18(25)21-20-17(24)12-5-3-7-14(9-12)23(26)27/h3-11,16,22H,1-2H3,(H,20,24)(H,21,25)/t16-/m0/s1. The number of hydrogen-bond donors (Lipinski definition) is 3. The van der Waals surface area contributed by atoms with Crippen molar-refractivity contribution in [1.29, 1.82) is 0 Å². The first kappa shape index (κ1) is 23.3. The maximum atomic E-state index is 12.6. The van der Waals surface area contributed by atoms with Crippen LogP contribution in [0.4, 0.5) is 5.69 Å². The van der Waals surface area contributed by atoms with E-state index in [9.17, 15) is 28.1 Å². The summed E-state index contributed by atoms with van der Waals surface area (Å²) in [6.45, 7) is 3.24. The van der Waals surface area contributed by atoms with Crippen molar-refractivity contribution in [2.24, 2.45) is 5.92 Å². The molecule has 12 heteroatoms. The largest absolute Gasteiger partial charge is 0.271 e. The van der Waals surface area contributed by atoms with Crippen LogP contribution in [0, 0.1) is 16.0 Å². The number of nitrogens with one attached hydrogen (secondary N) is 3. The summed E-state index contributed by atoms with van der Waals surface area (Å²) < 4.78 is 27.4. The second-order valence-electron chi connectivity index (χ2n) is 6.55. The van der Waals surface area contributed by atoms with Gasteiger partial charge in [-0.15, -0.1) is 0 Å². The quantitative estimate of drug-likeness (QED) is 0.430. The van der Waals surface area contributed by atoms with Crippen molar-refractivity contribution in [3.8, 4) is 0 Å². The van der Waals surface area contributed by atoms with Crippen LogP contribution in [0.3, 0.4) is 0 Å². The molecule has 0 spiro atoms. The van der Waals surface area contributed by atoms with Crippen molar-refractivity contribution in [1.82, 2.24) is 15.6 Å². The summed E-state index contributed by atoms with van der Waals surface area (Å²) in [7, 11) is -4.06. The molecule has 0 aromatic heterocycles. The van der Waals surface area contributed by atoms with Crippen LogP contribution in [0.25, 0.3) is 0 Å². The van der Waals surface area contributed by atoms with Crippen LogP contribution in [0.1, 0.15) is 24.2 Å². The van der Waals surface area contributed by atoms with Gasteiger partial charge < -0.3 is 0 Å². The zero-order valence-electron chi connectivity index (χ0n) is 16.0. The molecule has 1 atom stereocenters. The second kappa shape index (κ2) is 9.65. The zero-order chi connectivity index (χ0) is 22.5. The van der Waals surface area contributed by atoms with Gasteiger partial charge in [-0.3, -0.25) is 30.6 Å². The lowest BCUT2D eigenvalue weighted by Gasteiger charge is -2.21. The van der Waals surface area contributed by atoms with Crippen LogP contribution in [-0.2, 0) is 14.8 Å². The highest BCUT2D eigenvalue weighted by molar-refractivity contribution is 7.89. The Bertz CT molecular complexity index is 1070. The van der Waals surface area contributed by atoms with Gasteiger partial charge in [-0.2, -0.15) is 4.72 Å². The summed E-state index contributed by atoms with van der Waals surface area (Å²) in [4.78, 5) is 34.7. The fourth-order valence-electron chi connectivity index (χ4n) is 2.39. The van der Waals surface area contributed by atoms with Gasteiger partial charge in [-0.25, -0.2) is 8.42 Å². The van der Waals surface area contributed by atoms with Crippen molar-refractivity contribution in [2.45, 2.75) is 24.8 Å². The fraction of sp³-hybridized carbons (Fsp3) is 0.222. The molecule has 0 heterocycles. The van der Waals surface area contributed by atoms with Crippen LogP contribution >= 0.6 is 11.6 Å². The minimum atomic E-state index is -4.06. The molecule has 2 rings (SSSR count). The van der Waals surface area contributed by atoms with Crippen LogP contribution < -0.4 is 15.6 Å². The summed E-state index contributed by atoms with van der Waals surface area (Å²) in [5.41, 5.74) is 3.91. The number of nitro groups is 1. The Morgan fingerprint density at radius 1 is 1.07 bits per heavy atom. The summed E-state index contributed by atoms with van der Waals surface area (Å²) in [5, 5.41) is 11.0. The number of sulfonamides is 1. The minimum absolute atomic E-state index is 0.0508. The highest BCUT2D eigenvalue weighted by atomic mass is 35.5. The Labute approximate surface area is 177 Å². The van der Waals surface area contributed by atoms with Gasteiger partial charge in [-0.05, 0) is 30.2 Å². The first-order valence-corrected chi connectivity index (χ1v) is 10.5. The summed E-state index contributed by atoms with van der Waals surface area (Å²) in [6.07, 6.45) is 0. The van der Waals surface area contributed by atoms with Crippen molar-refractivity contribution < 1.29 is 22.9 Å². The molecule has 0 fully saturated rings. The number of nitro benzene ring substituents is 1. The third-order valence-electron chi connectivity index (χ3n) is 3.96. The normalized spacial score (nSPS) is 12.3. The third kappa shape index (κ3) is 5.99. The lowest BCUT2D eigenvalue weighted by molar-refractivity contribution is -0.384. The molecule has 160 valence electrons. The van der Waals surface area contributed by atoms with Crippen LogP contribution in [0.2, 0.25) is 5.02 Å². The average Bonchev–Trinajstić information content (AvgIpc) is 2.69. The van der Waals surface area contributed by atoms with E-state index < -0.39 is 38.7 Å². The van der Waals surface area contributed by atoms with Gasteiger partial charge >= 0.3 is 0 Å². The van der Waals surface area contributed by atoms with Crippen molar-refractivity contribution in [2.75, 3.05) is 0 Å². The van der Waals surface area contributed by atoms with Gasteiger partial charge in [0, 0.05) is 22.7 Å². The summed E-state index contributed by atoms with van der Waals surface area (Å²) in [5.74, 6) is -2.07. The second-order valence-corrected chi connectivity index (χ2v) is 8.70. The number of hydrogen-bond acceptors (Lipinski definition) is 6. The van der Waals surface area contributed by atoms with Gasteiger partial charge in [0.15, 0.2) is 0 Å². The van der Waals surface area contributed by atoms with Crippen molar-refractivity contribution in [3.63, 3.8) is 0 Å². The Hall–Kier alpha value is -3.02. The smallest absolute Gasteiger partial charge is 0.270 e. The van der Waals surface area contributed by atoms with E-state index in [2.05, 4.69) is 15.6 Å². The molecule has 2 aromatic carbocycles. The number of benzene rings is 2.